The van der Waals surface area contributed by atoms with Gasteiger partial charge in [-0.25, -0.2) is 4.98 Å². The molecule has 1 amide bonds. The topological polar surface area (TPSA) is 38.1 Å². The summed E-state index contributed by atoms with van der Waals surface area (Å²) in [6.45, 7) is 0.704. The highest BCUT2D eigenvalue weighted by molar-refractivity contribution is 7.99. The van der Waals surface area contributed by atoms with Crippen LogP contribution >= 0.6 is 46.6 Å². The maximum atomic E-state index is 13.1. The molecule has 33 heavy (non-hydrogen) atoms. The molecule has 2 heterocycles. The molecule has 1 aliphatic heterocycles. The molecule has 0 radical (unpaired) electrons. The lowest BCUT2D eigenvalue weighted by atomic mass is 10.1. The van der Waals surface area contributed by atoms with Gasteiger partial charge in [-0.3, -0.25) is 9.36 Å². The number of nitrogens with zero attached hydrogens (tertiary/aromatic N) is 3. The molecule has 8 heteroatoms. The van der Waals surface area contributed by atoms with Gasteiger partial charge in [-0.05, 0) is 48.4 Å². The van der Waals surface area contributed by atoms with E-state index >= 15 is 0 Å². The van der Waals surface area contributed by atoms with Crippen LogP contribution in [0.1, 0.15) is 5.56 Å². The molecule has 0 saturated carbocycles. The smallest absolute Gasteiger partial charge is 0.237 e. The van der Waals surface area contributed by atoms with E-state index in [2.05, 4.69) is 11.1 Å². The maximum absolute atomic E-state index is 13.1. The minimum absolute atomic E-state index is 0.0571. The quantitative estimate of drug-likeness (QED) is 0.265. The van der Waals surface area contributed by atoms with Crippen molar-refractivity contribution in [1.29, 1.82) is 0 Å². The molecule has 0 spiro atoms. The molecule has 0 atom stereocenters. The molecule has 1 aromatic heterocycles. The first-order valence-electron chi connectivity index (χ1n) is 10.3. The first-order chi connectivity index (χ1) is 16.0. The number of hydrogen-bond acceptors (Lipinski definition) is 3. The fourth-order valence-electron chi connectivity index (χ4n) is 3.96. The summed E-state index contributed by atoms with van der Waals surface area (Å²) >= 11 is 20.1. The van der Waals surface area contributed by atoms with E-state index in [1.54, 1.807) is 12.3 Å². The third kappa shape index (κ3) is 4.51. The number of benzene rings is 3. The van der Waals surface area contributed by atoms with Crippen molar-refractivity contribution in [3.05, 3.63) is 93.6 Å². The lowest BCUT2D eigenvalue weighted by molar-refractivity contribution is -0.116. The van der Waals surface area contributed by atoms with Crippen LogP contribution in [0.15, 0.2) is 78.1 Å². The predicted octanol–water partition coefficient (Wildman–Crippen LogP) is 7.18. The van der Waals surface area contributed by atoms with E-state index in [0.29, 0.717) is 26.8 Å². The molecule has 0 N–H and O–H groups in total. The molecule has 0 saturated heterocycles. The Bertz CT molecular complexity index is 1350. The Morgan fingerprint density at radius 1 is 0.970 bits per heavy atom. The van der Waals surface area contributed by atoms with Crippen LogP contribution in [0.3, 0.4) is 0 Å². The van der Waals surface area contributed by atoms with Crippen molar-refractivity contribution < 1.29 is 4.79 Å². The van der Waals surface area contributed by atoms with Crippen LogP contribution in [0, 0.1) is 0 Å². The maximum Gasteiger partial charge on any atom is 0.237 e. The predicted molar refractivity (Wildman–Crippen MR) is 137 cm³/mol. The van der Waals surface area contributed by atoms with Gasteiger partial charge >= 0.3 is 0 Å². The van der Waals surface area contributed by atoms with Gasteiger partial charge in [0.15, 0.2) is 5.16 Å². The van der Waals surface area contributed by atoms with E-state index in [1.165, 1.54) is 17.3 Å². The summed E-state index contributed by atoms with van der Waals surface area (Å²) in [5, 5.41) is 2.26. The van der Waals surface area contributed by atoms with Crippen molar-refractivity contribution in [3.63, 3.8) is 0 Å². The molecular weight excluding hydrogens is 497 g/mol. The van der Waals surface area contributed by atoms with E-state index < -0.39 is 0 Å². The first kappa shape index (κ1) is 22.4. The summed E-state index contributed by atoms with van der Waals surface area (Å²) in [7, 11) is 0. The number of halogens is 3. The Hall–Kier alpha value is -2.44. The van der Waals surface area contributed by atoms with Crippen LogP contribution in [0.4, 0.5) is 5.69 Å². The van der Waals surface area contributed by atoms with Crippen LogP contribution in [-0.2, 0) is 11.2 Å². The minimum Gasteiger partial charge on any atom is -0.311 e. The van der Waals surface area contributed by atoms with E-state index in [-0.39, 0.29) is 11.7 Å². The van der Waals surface area contributed by atoms with Crippen LogP contribution in [0.25, 0.3) is 16.9 Å². The Morgan fingerprint density at radius 3 is 2.64 bits per heavy atom. The normalized spacial score (nSPS) is 12.8. The number of imidazole rings is 1. The molecule has 3 aromatic carbocycles. The second-order valence-corrected chi connectivity index (χ2v) is 9.78. The highest BCUT2D eigenvalue weighted by Gasteiger charge is 2.25. The summed E-state index contributed by atoms with van der Waals surface area (Å²) in [5.74, 6) is 0.328. The Kier molecular flexibility index (Phi) is 6.39. The number of rotatable bonds is 5. The summed E-state index contributed by atoms with van der Waals surface area (Å²) in [6, 6.07) is 21.0. The summed E-state index contributed by atoms with van der Waals surface area (Å²) in [6.07, 6.45) is 2.66. The van der Waals surface area contributed by atoms with E-state index in [9.17, 15) is 4.79 Å². The molecule has 0 fully saturated rings. The first-order valence-corrected chi connectivity index (χ1v) is 12.4. The third-order valence-electron chi connectivity index (χ3n) is 5.52. The largest absolute Gasteiger partial charge is 0.311 e. The van der Waals surface area contributed by atoms with Gasteiger partial charge in [0.25, 0.3) is 0 Å². The molecule has 1 aliphatic rings. The average Bonchev–Trinajstić information content (AvgIpc) is 3.44. The molecule has 0 unspecified atom stereocenters. The van der Waals surface area contributed by atoms with Gasteiger partial charge in [-0.2, -0.15) is 0 Å². The molecule has 166 valence electrons. The van der Waals surface area contributed by atoms with Crippen molar-refractivity contribution >= 4 is 58.2 Å². The number of amides is 1. The second kappa shape index (κ2) is 9.43. The zero-order chi connectivity index (χ0) is 22.9. The monoisotopic (exact) mass is 513 g/mol. The number of thioether (sulfide) groups is 1. The van der Waals surface area contributed by atoms with Gasteiger partial charge in [-0.1, -0.05) is 76.9 Å². The second-order valence-electron chi connectivity index (χ2n) is 7.58. The number of carbonyl (C=O) groups excluding carboxylic acids is 1. The van der Waals surface area contributed by atoms with Gasteiger partial charge in [0.2, 0.25) is 5.91 Å². The molecule has 4 aromatic rings. The van der Waals surface area contributed by atoms with Crippen molar-refractivity contribution in [3.8, 4) is 16.9 Å². The van der Waals surface area contributed by atoms with Gasteiger partial charge in [0, 0.05) is 28.5 Å². The van der Waals surface area contributed by atoms with Crippen LogP contribution in [-0.4, -0.2) is 27.8 Å². The van der Waals surface area contributed by atoms with Crippen LogP contribution < -0.4 is 4.90 Å². The minimum atomic E-state index is 0.0571. The lowest BCUT2D eigenvalue weighted by Crippen LogP contribution is -2.30. The molecule has 0 aliphatic carbocycles. The number of carbonyl (C=O) groups is 1. The molecular formula is C25H18Cl3N3OS. The highest BCUT2D eigenvalue weighted by atomic mass is 35.5. The zero-order valence-electron chi connectivity index (χ0n) is 17.3. The molecule has 0 bridgehead atoms. The summed E-state index contributed by atoms with van der Waals surface area (Å²) in [5.41, 5.74) is 4.75. The number of anilines is 1. The van der Waals surface area contributed by atoms with E-state index in [4.69, 9.17) is 34.8 Å². The zero-order valence-corrected chi connectivity index (χ0v) is 20.4. The molecule has 4 nitrogen and oxygen atoms in total. The van der Waals surface area contributed by atoms with Gasteiger partial charge in [0.1, 0.15) is 0 Å². The Morgan fingerprint density at radius 2 is 1.82 bits per heavy atom. The van der Waals surface area contributed by atoms with Gasteiger partial charge in [0.05, 0.1) is 27.7 Å². The van der Waals surface area contributed by atoms with Crippen LogP contribution in [0.5, 0.6) is 0 Å². The Labute approximate surface area is 211 Å². The van der Waals surface area contributed by atoms with Crippen molar-refractivity contribution in [2.45, 2.75) is 11.6 Å². The Balaban J connectivity index is 1.47. The van der Waals surface area contributed by atoms with Gasteiger partial charge in [-0.15, -0.1) is 0 Å². The van der Waals surface area contributed by atoms with Crippen LogP contribution in [0.2, 0.25) is 15.1 Å². The van der Waals surface area contributed by atoms with Crippen molar-refractivity contribution in [2.75, 3.05) is 17.2 Å². The van der Waals surface area contributed by atoms with Gasteiger partial charge < -0.3 is 4.90 Å². The number of hydrogen-bond donors (Lipinski definition) is 0. The third-order valence-corrected chi connectivity index (χ3v) is 7.44. The fourth-order valence-corrected chi connectivity index (χ4v) is 5.31. The highest BCUT2D eigenvalue weighted by Crippen LogP contribution is 2.34. The molecule has 5 rings (SSSR count). The standard InChI is InChI=1S/C25H18Cl3N3OS/c26-18-5-3-6-19(13-18)31-23(17-8-9-20(27)21(28)12-17)14-29-25(31)33-15-24(32)30-11-10-16-4-1-2-7-22(16)30/h1-9,12-14H,10-11,15H2. The summed E-state index contributed by atoms with van der Waals surface area (Å²) in [4.78, 5) is 19.5. The van der Waals surface area contributed by atoms with Crippen molar-refractivity contribution in [1.82, 2.24) is 9.55 Å². The van der Waals surface area contributed by atoms with Crippen molar-refractivity contribution in [2.24, 2.45) is 0 Å². The fraction of sp³-hybridized carbons (Fsp3) is 0.120. The lowest BCUT2D eigenvalue weighted by Gasteiger charge is -2.17. The average molecular weight is 515 g/mol. The SMILES string of the molecule is O=C(CSc1ncc(-c2ccc(Cl)c(Cl)c2)n1-c1cccc(Cl)c1)N1CCc2ccccc21. The summed E-state index contributed by atoms with van der Waals surface area (Å²) < 4.78 is 1.99. The van der Waals surface area contributed by atoms with E-state index in [1.807, 2.05) is 64.1 Å². The van der Waals surface area contributed by atoms with E-state index in [0.717, 1.165) is 29.1 Å². The number of fused-ring (bicyclic) bond motifs is 1. The number of aromatic nitrogens is 2. The number of para-hydroxylation sites is 1.